The maximum absolute atomic E-state index is 13.3. The van der Waals surface area contributed by atoms with Crippen molar-refractivity contribution in [2.45, 2.75) is 19.5 Å². The van der Waals surface area contributed by atoms with Crippen LogP contribution >= 0.6 is 0 Å². The Labute approximate surface area is 174 Å². The van der Waals surface area contributed by atoms with Gasteiger partial charge in [-0.25, -0.2) is 4.39 Å². The number of aliphatic imine (C=N–C) groups is 1. The first-order valence-corrected chi connectivity index (χ1v) is 9.97. The summed E-state index contributed by atoms with van der Waals surface area (Å²) in [5.41, 5.74) is 4.39. The highest BCUT2D eigenvalue weighted by molar-refractivity contribution is 5.83. The number of nitrogens with one attached hydrogen (secondary N) is 3. The van der Waals surface area contributed by atoms with E-state index in [4.69, 9.17) is 0 Å². The van der Waals surface area contributed by atoms with Crippen LogP contribution in [0, 0.1) is 5.82 Å². The zero-order valence-electron chi connectivity index (χ0n) is 16.9. The molecule has 4 aromatic rings. The standard InChI is InChI=1S/C23H25FN6/c1-25-23(26-11-9-18-15-27-22-13-20(24)7-8-21(18)22)28-14-17-5-2-3-6-19(17)16-30-12-4-10-29-30/h2-8,10,12-13,15,27H,9,11,14,16H2,1H3,(H2,25,26,28). The lowest BCUT2D eigenvalue weighted by Gasteiger charge is -2.14. The van der Waals surface area contributed by atoms with E-state index in [2.05, 4.69) is 37.8 Å². The molecule has 0 radical (unpaired) electrons. The molecule has 0 aliphatic carbocycles. The number of halogens is 1. The molecule has 154 valence electrons. The minimum Gasteiger partial charge on any atom is -0.361 e. The van der Waals surface area contributed by atoms with Gasteiger partial charge in [0.25, 0.3) is 0 Å². The highest BCUT2D eigenvalue weighted by Gasteiger charge is 2.07. The van der Waals surface area contributed by atoms with E-state index in [9.17, 15) is 4.39 Å². The Hall–Kier alpha value is -3.61. The van der Waals surface area contributed by atoms with E-state index >= 15 is 0 Å². The van der Waals surface area contributed by atoms with Crippen LogP contribution in [-0.2, 0) is 19.5 Å². The first-order valence-electron chi connectivity index (χ1n) is 9.97. The summed E-state index contributed by atoms with van der Waals surface area (Å²) in [4.78, 5) is 7.45. The second kappa shape index (κ2) is 9.26. The minimum absolute atomic E-state index is 0.230. The fourth-order valence-corrected chi connectivity index (χ4v) is 3.53. The number of aromatic amines is 1. The second-order valence-corrected chi connectivity index (χ2v) is 7.08. The first kappa shape index (κ1) is 19.7. The smallest absolute Gasteiger partial charge is 0.191 e. The van der Waals surface area contributed by atoms with E-state index in [1.807, 2.05) is 41.3 Å². The molecule has 0 unspecified atom stereocenters. The van der Waals surface area contributed by atoms with Crippen LogP contribution in [0.1, 0.15) is 16.7 Å². The molecular formula is C23H25FN6. The van der Waals surface area contributed by atoms with Crippen LogP contribution in [0.5, 0.6) is 0 Å². The third-order valence-electron chi connectivity index (χ3n) is 5.10. The van der Waals surface area contributed by atoms with Gasteiger partial charge in [-0.1, -0.05) is 24.3 Å². The quantitative estimate of drug-likeness (QED) is 0.326. The van der Waals surface area contributed by atoms with Crippen LogP contribution in [0.25, 0.3) is 10.9 Å². The summed E-state index contributed by atoms with van der Waals surface area (Å²) in [6.45, 7) is 2.13. The Morgan fingerprint density at radius 1 is 1.10 bits per heavy atom. The molecule has 0 spiro atoms. The fraction of sp³-hybridized carbons (Fsp3) is 0.217. The average molecular weight is 404 g/mol. The van der Waals surface area contributed by atoms with Crippen molar-refractivity contribution in [2.24, 2.45) is 4.99 Å². The van der Waals surface area contributed by atoms with Crippen LogP contribution < -0.4 is 10.6 Å². The monoisotopic (exact) mass is 404 g/mol. The van der Waals surface area contributed by atoms with Crippen molar-refractivity contribution in [2.75, 3.05) is 13.6 Å². The molecular weight excluding hydrogens is 379 g/mol. The van der Waals surface area contributed by atoms with Crippen molar-refractivity contribution in [3.05, 3.63) is 89.6 Å². The molecule has 2 aromatic carbocycles. The molecule has 0 aliphatic rings. The number of H-pyrrole nitrogens is 1. The predicted octanol–water partition coefficient (Wildman–Crippen LogP) is 3.46. The second-order valence-electron chi connectivity index (χ2n) is 7.08. The molecule has 0 amide bonds. The predicted molar refractivity (Wildman–Crippen MR) is 118 cm³/mol. The van der Waals surface area contributed by atoms with Gasteiger partial charge in [-0.05, 0) is 47.4 Å². The molecule has 0 atom stereocenters. The van der Waals surface area contributed by atoms with Gasteiger partial charge < -0.3 is 15.6 Å². The summed E-state index contributed by atoms with van der Waals surface area (Å²) < 4.78 is 15.3. The van der Waals surface area contributed by atoms with Crippen molar-refractivity contribution < 1.29 is 4.39 Å². The molecule has 7 heteroatoms. The highest BCUT2D eigenvalue weighted by Crippen LogP contribution is 2.19. The Kier molecular flexibility index (Phi) is 6.08. The molecule has 3 N–H and O–H groups in total. The SMILES string of the molecule is CN=C(NCCc1c[nH]c2cc(F)ccc12)NCc1ccccc1Cn1cccn1. The van der Waals surface area contributed by atoms with Gasteiger partial charge in [0.15, 0.2) is 5.96 Å². The van der Waals surface area contributed by atoms with Crippen LogP contribution in [0.15, 0.2) is 72.1 Å². The maximum Gasteiger partial charge on any atom is 0.191 e. The van der Waals surface area contributed by atoms with E-state index < -0.39 is 0 Å². The Morgan fingerprint density at radius 3 is 2.77 bits per heavy atom. The van der Waals surface area contributed by atoms with Gasteiger partial charge >= 0.3 is 0 Å². The highest BCUT2D eigenvalue weighted by atomic mass is 19.1. The summed E-state index contributed by atoms with van der Waals surface area (Å²) >= 11 is 0. The molecule has 4 rings (SSSR count). The van der Waals surface area contributed by atoms with Crippen molar-refractivity contribution in [1.82, 2.24) is 25.4 Å². The van der Waals surface area contributed by atoms with E-state index in [0.29, 0.717) is 6.54 Å². The van der Waals surface area contributed by atoms with Gasteiger partial charge in [-0.3, -0.25) is 9.67 Å². The van der Waals surface area contributed by atoms with Crippen LogP contribution in [0.4, 0.5) is 4.39 Å². The van der Waals surface area contributed by atoms with E-state index in [1.165, 1.54) is 23.3 Å². The van der Waals surface area contributed by atoms with E-state index in [-0.39, 0.29) is 5.82 Å². The molecule has 2 heterocycles. The average Bonchev–Trinajstić information content (AvgIpc) is 3.41. The third-order valence-corrected chi connectivity index (χ3v) is 5.10. The van der Waals surface area contributed by atoms with E-state index in [0.717, 1.165) is 41.9 Å². The summed E-state index contributed by atoms with van der Waals surface area (Å²) in [7, 11) is 1.76. The zero-order chi connectivity index (χ0) is 20.8. The molecule has 2 aromatic heterocycles. The van der Waals surface area contributed by atoms with Crippen LogP contribution in [0.3, 0.4) is 0 Å². The fourth-order valence-electron chi connectivity index (χ4n) is 3.53. The largest absolute Gasteiger partial charge is 0.361 e. The van der Waals surface area contributed by atoms with Crippen molar-refractivity contribution in [3.63, 3.8) is 0 Å². The van der Waals surface area contributed by atoms with Gasteiger partial charge in [-0.15, -0.1) is 0 Å². The molecule has 0 saturated heterocycles. The number of guanidine groups is 1. The Bertz CT molecular complexity index is 1130. The van der Waals surface area contributed by atoms with Gasteiger partial charge in [0.05, 0.1) is 6.54 Å². The van der Waals surface area contributed by atoms with Crippen molar-refractivity contribution >= 4 is 16.9 Å². The van der Waals surface area contributed by atoms with Gasteiger partial charge in [0.2, 0.25) is 0 Å². The topological polar surface area (TPSA) is 70.0 Å². The first-order chi connectivity index (χ1) is 14.7. The normalized spacial score (nSPS) is 11.7. The minimum atomic E-state index is -0.230. The molecule has 0 bridgehead atoms. The lowest BCUT2D eigenvalue weighted by atomic mass is 10.1. The Balaban J connectivity index is 1.32. The molecule has 0 saturated carbocycles. The zero-order valence-corrected chi connectivity index (χ0v) is 16.9. The van der Waals surface area contributed by atoms with Crippen molar-refractivity contribution in [1.29, 1.82) is 0 Å². The number of hydrogen-bond acceptors (Lipinski definition) is 2. The lowest BCUT2D eigenvalue weighted by Crippen LogP contribution is -2.38. The Morgan fingerprint density at radius 2 is 1.97 bits per heavy atom. The third kappa shape index (κ3) is 4.68. The number of hydrogen-bond donors (Lipinski definition) is 3. The number of fused-ring (bicyclic) bond motifs is 1. The number of aromatic nitrogens is 3. The van der Waals surface area contributed by atoms with Gasteiger partial charge in [0, 0.05) is 49.6 Å². The molecule has 6 nitrogen and oxygen atoms in total. The summed E-state index contributed by atoms with van der Waals surface area (Å²) in [5.74, 6) is 0.515. The van der Waals surface area contributed by atoms with Crippen LogP contribution in [0.2, 0.25) is 0 Å². The van der Waals surface area contributed by atoms with Crippen LogP contribution in [-0.4, -0.2) is 34.3 Å². The molecule has 30 heavy (non-hydrogen) atoms. The number of rotatable bonds is 7. The van der Waals surface area contributed by atoms with Gasteiger partial charge in [-0.2, -0.15) is 5.10 Å². The maximum atomic E-state index is 13.3. The number of nitrogens with zero attached hydrogens (tertiary/aromatic N) is 3. The summed E-state index contributed by atoms with van der Waals surface area (Å²) in [6.07, 6.45) is 6.50. The molecule has 0 aliphatic heterocycles. The summed E-state index contributed by atoms with van der Waals surface area (Å²) in [6, 6.07) is 15.1. The number of benzene rings is 2. The van der Waals surface area contributed by atoms with E-state index in [1.54, 1.807) is 13.2 Å². The molecule has 0 fully saturated rings. The van der Waals surface area contributed by atoms with Gasteiger partial charge in [0.1, 0.15) is 5.82 Å². The summed E-state index contributed by atoms with van der Waals surface area (Å²) in [5, 5.41) is 12.1. The lowest BCUT2D eigenvalue weighted by molar-refractivity contribution is 0.629. The van der Waals surface area contributed by atoms with Crippen molar-refractivity contribution in [3.8, 4) is 0 Å².